The molecule has 0 N–H and O–H groups in total. The molecule has 0 saturated heterocycles. The zero-order valence-electron chi connectivity index (χ0n) is 7.22. The van der Waals surface area contributed by atoms with Crippen LogP contribution in [0.3, 0.4) is 0 Å². The second-order valence-electron chi connectivity index (χ2n) is 3.58. The summed E-state index contributed by atoms with van der Waals surface area (Å²) in [6.45, 7) is 2.23. The van der Waals surface area contributed by atoms with Crippen molar-refractivity contribution >= 4 is 27.3 Å². The molecule has 1 aromatic rings. The third-order valence-corrected chi connectivity index (χ3v) is 4.65. The molecular weight excluding hydrogens is 232 g/mol. The number of rotatable bonds is 1. The number of halogens is 1. The highest BCUT2D eigenvalue weighted by molar-refractivity contribution is 9.09. The Kier molecular flexibility index (Phi) is 2.56. The molecule has 0 amide bonds. The largest absolute Gasteiger partial charge is 0.148 e. The van der Waals surface area contributed by atoms with Gasteiger partial charge in [-0.15, -0.1) is 11.3 Å². The first-order valence-electron chi connectivity index (χ1n) is 4.45. The Morgan fingerprint density at radius 1 is 1.50 bits per heavy atom. The van der Waals surface area contributed by atoms with Crippen LogP contribution in [0.25, 0.3) is 0 Å². The molecule has 66 valence electrons. The number of aryl methyl sites for hydroxylation is 1. The van der Waals surface area contributed by atoms with Gasteiger partial charge in [-0.3, -0.25) is 0 Å². The summed E-state index contributed by atoms with van der Waals surface area (Å²) >= 11 is 5.62. The lowest BCUT2D eigenvalue weighted by atomic mass is 10.0. The molecule has 2 heteroatoms. The average molecular weight is 245 g/mol. The molecule has 2 atom stereocenters. The van der Waals surface area contributed by atoms with Gasteiger partial charge in [0.25, 0.3) is 0 Å². The van der Waals surface area contributed by atoms with Gasteiger partial charge in [-0.1, -0.05) is 15.9 Å². The number of hydrogen-bond acceptors (Lipinski definition) is 1. The molecule has 2 rings (SSSR count). The summed E-state index contributed by atoms with van der Waals surface area (Å²) in [5.74, 6) is 0.842. The van der Waals surface area contributed by atoms with Gasteiger partial charge >= 0.3 is 0 Å². The van der Waals surface area contributed by atoms with Crippen molar-refractivity contribution in [1.82, 2.24) is 0 Å². The third-order valence-electron chi connectivity index (χ3n) is 2.64. The molecule has 1 fully saturated rings. The molecule has 1 aromatic heterocycles. The molecule has 0 spiro atoms. The van der Waals surface area contributed by atoms with E-state index in [2.05, 4.69) is 34.3 Å². The fraction of sp³-hybridized carbons (Fsp3) is 0.600. The smallest absolute Gasteiger partial charge is 0.0152 e. The summed E-state index contributed by atoms with van der Waals surface area (Å²) in [5.41, 5.74) is 1.49. The minimum Gasteiger partial charge on any atom is -0.148 e. The van der Waals surface area contributed by atoms with Crippen LogP contribution in [0.2, 0.25) is 0 Å². The van der Waals surface area contributed by atoms with Crippen molar-refractivity contribution < 1.29 is 0 Å². The standard InChI is InChI=1S/C10H13BrS/c1-7-4-5-12-10(7)8-2-3-9(11)6-8/h4-5,8-9H,2-3,6H2,1H3. The zero-order valence-corrected chi connectivity index (χ0v) is 9.62. The first-order valence-corrected chi connectivity index (χ1v) is 6.25. The second kappa shape index (κ2) is 3.51. The van der Waals surface area contributed by atoms with Gasteiger partial charge < -0.3 is 0 Å². The van der Waals surface area contributed by atoms with Gasteiger partial charge in [-0.2, -0.15) is 0 Å². The summed E-state index contributed by atoms with van der Waals surface area (Å²) in [4.78, 5) is 2.39. The van der Waals surface area contributed by atoms with Crippen LogP contribution in [0.15, 0.2) is 11.4 Å². The highest BCUT2D eigenvalue weighted by atomic mass is 79.9. The summed E-state index contributed by atoms with van der Waals surface area (Å²) in [5, 5.41) is 2.21. The van der Waals surface area contributed by atoms with Crippen LogP contribution in [-0.4, -0.2) is 4.83 Å². The zero-order chi connectivity index (χ0) is 8.55. The van der Waals surface area contributed by atoms with E-state index in [1.165, 1.54) is 24.8 Å². The van der Waals surface area contributed by atoms with Crippen molar-refractivity contribution in [2.24, 2.45) is 0 Å². The SMILES string of the molecule is Cc1ccsc1C1CCC(Br)C1. The van der Waals surface area contributed by atoms with Crippen molar-refractivity contribution in [2.75, 3.05) is 0 Å². The van der Waals surface area contributed by atoms with Gasteiger partial charge in [0, 0.05) is 9.70 Å². The number of alkyl halides is 1. The molecule has 0 aromatic carbocycles. The minimum atomic E-state index is 0.768. The monoisotopic (exact) mass is 244 g/mol. The summed E-state index contributed by atoms with van der Waals surface area (Å²) in [7, 11) is 0. The minimum absolute atomic E-state index is 0.768. The normalized spacial score (nSPS) is 29.5. The van der Waals surface area contributed by atoms with Crippen LogP contribution in [0.4, 0.5) is 0 Å². The maximum atomic E-state index is 3.69. The van der Waals surface area contributed by atoms with Crippen molar-refractivity contribution in [3.05, 3.63) is 21.9 Å². The van der Waals surface area contributed by atoms with E-state index < -0.39 is 0 Å². The van der Waals surface area contributed by atoms with Gasteiger partial charge in [-0.05, 0) is 49.1 Å². The van der Waals surface area contributed by atoms with Gasteiger partial charge in [0.1, 0.15) is 0 Å². The van der Waals surface area contributed by atoms with Crippen LogP contribution in [0.1, 0.15) is 35.6 Å². The van der Waals surface area contributed by atoms with E-state index in [-0.39, 0.29) is 0 Å². The second-order valence-corrected chi connectivity index (χ2v) is 5.82. The Morgan fingerprint density at radius 3 is 2.83 bits per heavy atom. The number of thiophene rings is 1. The third kappa shape index (κ3) is 1.60. The topological polar surface area (TPSA) is 0 Å². The van der Waals surface area contributed by atoms with E-state index in [0.29, 0.717) is 0 Å². The van der Waals surface area contributed by atoms with E-state index in [1.807, 2.05) is 11.3 Å². The fourth-order valence-electron chi connectivity index (χ4n) is 1.97. The molecule has 12 heavy (non-hydrogen) atoms. The van der Waals surface area contributed by atoms with E-state index in [0.717, 1.165) is 10.7 Å². The van der Waals surface area contributed by atoms with Crippen LogP contribution in [0, 0.1) is 6.92 Å². The predicted molar refractivity (Wildman–Crippen MR) is 58.4 cm³/mol. The highest BCUT2D eigenvalue weighted by Gasteiger charge is 2.25. The lowest BCUT2D eigenvalue weighted by molar-refractivity contribution is 0.736. The van der Waals surface area contributed by atoms with Crippen molar-refractivity contribution in [3.8, 4) is 0 Å². The Morgan fingerprint density at radius 2 is 2.33 bits per heavy atom. The maximum absolute atomic E-state index is 3.69. The molecule has 1 aliphatic carbocycles. The van der Waals surface area contributed by atoms with E-state index in [4.69, 9.17) is 0 Å². The molecule has 2 unspecified atom stereocenters. The van der Waals surface area contributed by atoms with E-state index >= 15 is 0 Å². The quantitative estimate of drug-likeness (QED) is 0.654. The lowest BCUT2D eigenvalue weighted by Crippen LogP contribution is -1.92. The number of hydrogen-bond donors (Lipinski definition) is 0. The molecule has 1 heterocycles. The summed E-state index contributed by atoms with van der Waals surface area (Å²) in [6.07, 6.45) is 4.06. The molecule has 0 nitrogen and oxygen atoms in total. The highest BCUT2D eigenvalue weighted by Crippen LogP contribution is 2.41. The van der Waals surface area contributed by atoms with Crippen molar-refractivity contribution in [3.63, 3.8) is 0 Å². The van der Waals surface area contributed by atoms with Gasteiger partial charge in [0.2, 0.25) is 0 Å². The average Bonchev–Trinajstić information content (AvgIpc) is 2.58. The maximum Gasteiger partial charge on any atom is 0.0152 e. The van der Waals surface area contributed by atoms with Crippen LogP contribution in [-0.2, 0) is 0 Å². The molecule has 0 bridgehead atoms. The van der Waals surface area contributed by atoms with Crippen molar-refractivity contribution in [1.29, 1.82) is 0 Å². The first kappa shape index (κ1) is 8.76. The van der Waals surface area contributed by atoms with Crippen LogP contribution < -0.4 is 0 Å². The molecule has 1 saturated carbocycles. The van der Waals surface area contributed by atoms with Gasteiger partial charge in [-0.25, -0.2) is 0 Å². The van der Waals surface area contributed by atoms with Crippen LogP contribution in [0.5, 0.6) is 0 Å². The van der Waals surface area contributed by atoms with E-state index in [1.54, 1.807) is 4.88 Å². The molecule has 0 aliphatic heterocycles. The van der Waals surface area contributed by atoms with E-state index in [9.17, 15) is 0 Å². The Labute approximate surface area is 86.1 Å². The Hall–Kier alpha value is 0.180. The molecule has 0 radical (unpaired) electrons. The Balaban J connectivity index is 2.16. The molecule has 1 aliphatic rings. The fourth-order valence-corrected chi connectivity index (χ4v) is 3.76. The lowest BCUT2D eigenvalue weighted by Gasteiger charge is -2.07. The summed E-state index contributed by atoms with van der Waals surface area (Å²) in [6, 6.07) is 2.24. The molecular formula is C10H13BrS. The predicted octanol–water partition coefficient (Wildman–Crippen LogP) is 4.09. The van der Waals surface area contributed by atoms with Gasteiger partial charge in [0.05, 0.1) is 0 Å². The van der Waals surface area contributed by atoms with Crippen LogP contribution >= 0.6 is 27.3 Å². The summed E-state index contributed by atoms with van der Waals surface area (Å²) < 4.78 is 0. The first-order chi connectivity index (χ1) is 5.77. The van der Waals surface area contributed by atoms with Gasteiger partial charge in [0.15, 0.2) is 0 Å². The Bertz CT molecular complexity index is 267. The van der Waals surface area contributed by atoms with Crippen molar-refractivity contribution in [2.45, 2.75) is 36.9 Å².